The molecule has 110 valence electrons. The Balaban J connectivity index is 1.85. The molecular weight excluding hydrogens is 240 g/mol. The van der Waals surface area contributed by atoms with Crippen LogP contribution in [0.15, 0.2) is 0 Å². The number of carbonyl (C=O) groups is 1. The molecule has 0 aromatic carbocycles. The minimum atomic E-state index is -0.114. The Labute approximate surface area is 116 Å². The summed E-state index contributed by atoms with van der Waals surface area (Å²) in [6.07, 6.45) is 4.52. The number of ether oxygens (including phenoxy) is 1. The number of fused-ring (bicyclic) bond motifs is 2. The fraction of sp³-hybridized carbons (Fsp3) is 0.933. The molecule has 2 bridgehead atoms. The van der Waals surface area contributed by atoms with Gasteiger partial charge in [-0.15, -0.1) is 0 Å². The quantitative estimate of drug-likeness (QED) is 0.770. The highest BCUT2D eigenvalue weighted by atomic mass is 16.5. The van der Waals surface area contributed by atoms with Crippen LogP contribution < -0.4 is 5.32 Å². The second-order valence-electron chi connectivity index (χ2n) is 6.30. The molecule has 4 heteroatoms. The van der Waals surface area contributed by atoms with Gasteiger partial charge >= 0.3 is 5.97 Å². The molecule has 2 unspecified atom stereocenters. The van der Waals surface area contributed by atoms with Crippen molar-refractivity contribution in [3.63, 3.8) is 0 Å². The van der Waals surface area contributed by atoms with Crippen molar-refractivity contribution in [2.45, 2.75) is 51.6 Å². The van der Waals surface area contributed by atoms with Gasteiger partial charge in [0.15, 0.2) is 0 Å². The molecule has 0 spiro atoms. The van der Waals surface area contributed by atoms with Crippen molar-refractivity contribution < 1.29 is 9.53 Å². The Morgan fingerprint density at radius 1 is 1.32 bits per heavy atom. The third kappa shape index (κ3) is 3.69. The number of rotatable bonds is 5. The van der Waals surface area contributed by atoms with E-state index in [-0.39, 0.29) is 5.97 Å². The number of hydrogen-bond donors (Lipinski definition) is 1. The summed E-state index contributed by atoms with van der Waals surface area (Å²) < 4.78 is 4.69. The van der Waals surface area contributed by atoms with E-state index in [1.807, 2.05) is 0 Å². The van der Waals surface area contributed by atoms with E-state index in [0.29, 0.717) is 18.5 Å². The number of piperidine rings is 1. The highest BCUT2D eigenvalue weighted by molar-refractivity contribution is 5.69. The van der Waals surface area contributed by atoms with Gasteiger partial charge in [0.25, 0.3) is 0 Å². The third-order valence-corrected chi connectivity index (χ3v) is 4.77. The average Bonchev–Trinajstić information content (AvgIpc) is 2.37. The summed E-state index contributed by atoms with van der Waals surface area (Å²) in [6.45, 7) is 7.77. The minimum Gasteiger partial charge on any atom is -0.469 e. The smallest absolute Gasteiger partial charge is 0.306 e. The number of methoxy groups -OCH3 is 1. The summed E-state index contributed by atoms with van der Waals surface area (Å²) in [6, 6.07) is 1.26. The predicted molar refractivity (Wildman–Crippen MR) is 76.0 cm³/mol. The van der Waals surface area contributed by atoms with Gasteiger partial charge in [-0.1, -0.05) is 6.42 Å². The summed E-state index contributed by atoms with van der Waals surface area (Å²) in [4.78, 5) is 13.8. The number of carbonyl (C=O) groups excluding carboxylic acids is 1. The maximum Gasteiger partial charge on any atom is 0.306 e. The summed E-state index contributed by atoms with van der Waals surface area (Å²) in [5, 5.41) is 3.62. The Hall–Kier alpha value is -0.610. The van der Waals surface area contributed by atoms with E-state index in [4.69, 9.17) is 4.74 Å². The van der Waals surface area contributed by atoms with Gasteiger partial charge in [-0.3, -0.25) is 4.79 Å². The molecule has 1 aliphatic heterocycles. The zero-order valence-electron chi connectivity index (χ0n) is 12.5. The van der Waals surface area contributed by atoms with Gasteiger partial charge < -0.3 is 15.0 Å². The van der Waals surface area contributed by atoms with Crippen molar-refractivity contribution in [1.82, 2.24) is 10.2 Å². The second-order valence-corrected chi connectivity index (χ2v) is 6.30. The Morgan fingerprint density at radius 3 is 2.47 bits per heavy atom. The molecule has 1 N–H and O–H groups in total. The summed E-state index contributed by atoms with van der Waals surface area (Å²) >= 11 is 0. The van der Waals surface area contributed by atoms with Crippen molar-refractivity contribution >= 4 is 5.97 Å². The van der Waals surface area contributed by atoms with Crippen LogP contribution in [0.3, 0.4) is 0 Å². The summed E-state index contributed by atoms with van der Waals surface area (Å²) in [7, 11) is 1.46. The molecule has 2 aliphatic rings. The van der Waals surface area contributed by atoms with Crippen LogP contribution in [-0.2, 0) is 9.53 Å². The van der Waals surface area contributed by atoms with Crippen LogP contribution in [0.1, 0.15) is 39.5 Å². The molecule has 0 amide bonds. The third-order valence-electron chi connectivity index (χ3n) is 4.77. The van der Waals surface area contributed by atoms with Crippen molar-refractivity contribution in [3.05, 3.63) is 0 Å². The molecule has 0 radical (unpaired) electrons. The molecular formula is C15H28N2O2. The van der Waals surface area contributed by atoms with Gasteiger partial charge in [-0.05, 0) is 38.5 Å². The fourth-order valence-electron chi connectivity index (χ4n) is 3.67. The molecule has 2 atom stereocenters. The number of nitrogens with zero attached hydrogens (tertiary/aromatic N) is 1. The minimum absolute atomic E-state index is 0.114. The zero-order chi connectivity index (χ0) is 13.8. The number of likely N-dealkylation sites (tertiary alicyclic amines) is 1. The normalized spacial score (nSPS) is 31.5. The molecule has 4 nitrogen and oxygen atoms in total. The first-order valence-corrected chi connectivity index (χ1v) is 7.66. The number of hydrogen-bond acceptors (Lipinski definition) is 4. The van der Waals surface area contributed by atoms with Crippen molar-refractivity contribution in [1.29, 1.82) is 0 Å². The van der Waals surface area contributed by atoms with Crippen molar-refractivity contribution in [3.8, 4) is 0 Å². The van der Waals surface area contributed by atoms with Crippen LogP contribution in [0.2, 0.25) is 0 Å². The first kappa shape index (κ1) is 14.8. The standard InChI is InChI=1S/C15H28N2O2/c1-11(2)17-9-12-5-4-6-13(10-17)15(12)16-8-7-14(18)19-3/h11-13,15-16H,4-10H2,1-3H3. The maximum absolute atomic E-state index is 11.2. The van der Waals surface area contributed by atoms with E-state index in [1.54, 1.807) is 0 Å². The lowest BCUT2D eigenvalue weighted by Crippen LogP contribution is -2.58. The van der Waals surface area contributed by atoms with Gasteiger partial charge in [-0.25, -0.2) is 0 Å². The van der Waals surface area contributed by atoms with E-state index in [0.717, 1.165) is 18.4 Å². The van der Waals surface area contributed by atoms with Crippen LogP contribution in [-0.4, -0.2) is 49.7 Å². The average molecular weight is 268 g/mol. The largest absolute Gasteiger partial charge is 0.469 e. The highest BCUT2D eigenvalue weighted by Crippen LogP contribution is 2.35. The topological polar surface area (TPSA) is 41.6 Å². The van der Waals surface area contributed by atoms with Crippen LogP contribution in [0.4, 0.5) is 0 Å². The molecule has 1 saturated carbocycles. The SMILES string of the molecule is COC(=O)CCNC1C2CCCC1CN(C(C)C)C2. The van der Waals surface area contributed by atoms with E-state index in [9.17, 15) is 4.79 Å². The molecule has 1 heterocycles. The molecule has 19 heavy (non-hydrogen) atoms. The maximum atomic E-state index is 11.2. The predicted octanol–water partition coefficient (Wildman–Crippen LogP) is 1.65. The Morgan fingerprint density at radius 2 is 1.95 bits per heavy atom. The fourth-order valence-corrected chi connectivity index (χ4v) is 3.67. The summed E-state index contributed by atoms with van der Waals surface area (Å²) in [5.74, 6) is 1.40. The van der Waals surface area contributed by atoms with E-state index >= 15 is 0 Å². The van der Waals surface area contributed by atoms with Gasteiger partial charge in [0.2, 0.25) is 0 Å². The molecule has 2 rings (SSSR count). The Kier molecular flexibility index (Phi) is 5.22. The molecule has 0 aromatic rings. The van der Waals surface area contributed by atoms with E-state index in [2.05, 4.69) is 24.1 Å². The van der Waals surface area contributed by atoms with Gasteiger partial charge in [0.05, 0.1) is 13.5 Å². The summed E-state index contributed by atoms with van der Waals surface area (Å²) in [5.41, 5.74) is 0. The first-order chi connectivity index (χ1) is 9.11. The lowest BCUT2D eigenvalue weighted by atomic mass is 9.73. The van der Waals surface area contributed by atoms with Crippen molar-refractivity contribution in [2.75, 3.05) is 26.7 Å². The second kappa shape index (κ2) is 6.71. The van der Waals surface area contributed by atoms with Gasteiger partial charge in [0.1, 0.15) is 0 Å². The number of nitrogens with one attached hydrogen (secondary N) is 1. The van der Waals surface area contributed by atoms with Crippen LogP contribution in [0.5, 0.6) is 0 Å². The zero-order valence-corrected chi connectivity index (χ0v) is 12.5. The van der Waals surface area contributed by atoms with Crippen LogP contribution in [0, 0.1) is 11.8 Å². The van der Waals surface area contributed by atoms with Crippen molar-refractivity contribution in [2.24, 2.45) is 11.8 Å². The van der Waals surface area contributed by atoms with E-state index in [1.165, 1.54) is 39.5 Å². The van der Waals surface area contributed by atoms with Gasteiger partial charge in [-0.2, -0.15) is 0 Å². The van der Waals surface area contributed by atoms with Gasteiger partial charge in [0, 0.05) is 31.7 Å². The first-order valence-electron chi connectivity index (χ1n) is 7.66. The van der Waals surface area contributed by atoms with E-state index < -0.39 is 0 Å². The highest BCUT2D eigenvalue weighted by Gasteiger charge is 2.39. The lowest BCUT2D eigenvalue weighted by molar-refractivity contribution is -0.140. The van der Waals surface area contributed by atoms with Crippen LogP contribution in [0.25, 0.3) is 0 Å². The Bertz CT molecular complexity index is 293. The molecule has 1 aliphatic carbocycles. The molecule has 0 aromatic heterocycles. The lowest BCUT2D eigenvalue weighted by Gasteiger charge is -2.49. The monoisotopic (exact) mass is 268 g/mol. The van der Waals surface area contributed by atoms with Crippen LogP contribution >= 0.6 is 0 Å². The molecule has 1 saturated heterocycles. The number of esters is 1. The molecule has 2 fully saturated rings.